The zero-order chi connectivity index (χ0) is 12.4. The maximum absolute atomic E-state index is 6.11. The lowest BCUT2D eigenvalue weighted by Crippen LogP contribution is -2.43. The van der Waals surface area contributed by atoms with Crippen LogP contribution < -0.4 is 5.73 Å². The van der Waals surface area contributed by atoms with E-state index in [2.05, 4.69) is 22.0 Å². The molecule has 2 N–H and O–H groups in total. The van der Waals surface area contributed by atoms with Gasteiger partial charge in [-0.1, -0.05) is 12.2 Å². The van der Waals surface area contributed by atoms with Gasteiger partial charge in [0.1, 0.15) is 0 Å². The van der Waals surface area contributed by atoms with E-state index in [4.69, 9.17) is 5.73 Å². The molecule has 1 saturated heterocycles. The lowest BCUT2D eigenvalue weighted by molar-refractivity contribution is 0.227. The van der Waals surface area contributed by atoms with Crippen molar-refractivity contribution in [2.24, 2.45) is 28.5 Å². The van der Waals surface area contributed by atoms with E-state index in [9.17, 15) is 0 Å². The van der Waals surface area contributed by atoms with Gasteiger partial charge in [-0.15, -0.1) is 0 Å². The molecule has 0 spiro atoms. The number of rotatable bonds is 2. The first-order valence-electron chi connectivity index (χ1n) is 7.14. The summed E-state index contributed by atoms with van der Waals surface area (Å²) >= 11 is 2.01. The molecule has 3 nitrogen and oxygen atoms in total. The molecule has 0 aromatic rings. The number of nitrogens with two attached hydrogens (primary N) is 1. The SMILES string of the molecule is NC(=NCC1CC2C=CC1CC2)N1CCSCC1. The summed E-state index contributed by atoms with van der Waals surface area (Å²) in [7, 11) is 0. The molecule has 0 radical (unpaired) electrons. The van der Waals surface area contributed by atoms with E-state index in [1.54, 1.807) is 0 Å². The molecule has 2 bridgehead atoms. The third-order valence-corrected chi connectivity index (χ3v) is 5.48. The molecular weight excluding hydrogens is 242 g/mol. The van der Waals surface area contributed by atoms with E-state index >= 15 is 0 Å². The van der Waals surface area contributed by atoms with Gasteiger partial charge in [0.05, 0.1) is 0 Å². The van der Waals surface area contributed by atoms with Crippen molar-refractivity contribution in [2.75, 3.05) is 31.1 Å². The fraction of sp³-hybridized carbons (Fsp3) is 0.786. The van der Waals surface area contributed by atoms with Crippen LogP contribution in [0.25, 0.3) is 0 Å². The number of hydrogen-bond acceptors (Lipinski definition) is 2. The molecule has 0 aromatic carbocycles. The zero-order valence-corrected chi connectivity index (χ0v) is 11.7. The van der Waals surface area contributed by atoms with Gasteiger partial charge in [0.15, 0.2) is 5.96 Å². The Kier molecular flexibility index (Phi) is 3.83. The smallest absolute Gasteiger partial charge is 0.191 e. The van der Waals surface area contributed by atoms with Crippen LogP contribution >= 0.6 is 11.8 Å². The zero-order valence-electron chi connectivity index (χ0n) is 10.9. The highest BCUT2D eigenvalue weighted by molar-refractivity contribution is 7.99. The number of hydrogen-bond donors (Lipinski definition) is 1. The normalized spacial score (nSPS) is 36.1. The van der Waals surface area contributed by atoms with E-state index in [1.165, 1.54) is 30.8 Å². The first-order chi connectivity index (χ1) is 8.83. The summed E-state index contributed by atoms with van der Waals surface area (Å²) in [6.07, 6.45) is 8.92. The fourth-order valence-electron chi connectivity index (χ4n) is 3.36. The summed E-state index contributed by atoms with van der Waals surface area (Å²) in [6.45, 7) is 3.06. The second-order valence-electron chi connectivity index (χ2n) is 5.68. The predicted molar refractivity (Wildman–Crippen MR) is 78.8 cm³/mol. The monoisotopic (exact) mass is 265 g/mol. The van der Waals surface area contributed by atoms with Crippen LogP contribution in [0.1, 0.15) is 19.3 Å². The van der Waals surface area contributed by atoms with Crippen molar-refractivity contribution in [3.05, 3.63) is 12.2 Å². The van der Waals surface area contributed by atoms with Gasteiger partial charge in [0, 0.05) is 31.1 Å². The van der Waals surface area contributed by atoms with Gasteiger partial charge in [-0.25, -0.2) is 0 Å². The molecule has 3 atom stereocenters. The topological polar surface area (TPSA) is 41.6 Å². The van der Waals surface area contributed by atoms with Crippen molar-refractivity contribution in [2.45, 2.75) is 19.3 Å². The standard InChI is InChI=1S/C14H23N3S/c15-14(17-5-7-18-8-6-17)16-10-13-9-11-1-3-12(13)4-2-11/h1,3,11-13H,2,4-10H2,(H2,15,16). The Bertz CT molecular complexity index is 347. The van der Waals surface area contributed by atoms with Crippen LogP contribution in [-0.4, -0.2) is 42.0 Å². The van der Waals surface area contributed by atoms with E-state index < -0.39 is 0 Å². The van der Waals surface area contributed by atoms with Crippen LogP contribution in [0, 0.1) is 17.8 Å². The van der Waals surface area contributed by atoms with Crippen molar-refractivity contribution < 1.29 is 0 Å². The molecule has 0 amide bonds. The molecule has 0 aromatic heterocycles. The van der Waals surface area contributed by atoms with Gasteiger partial charge in [0.2, 0.25) is 0 Å². The molecule has 3 aliphatic carbocycles. The van der Waals surface area contributed by atoms with E-state index in [-0.39, 0.29) is 0 Å². The molecule has 4 rings (SSSR count). The summed E-state index contributed by atoms with van der Waals surface area (Å²) < 4.78 is 0. The summed E-state index contributed by atoms with van der Waals surface area (Å²) in [5.74, 6) is 5.48. The highest BCUT2D eigenvalue weighted by atomic mass is 32.2. The third kappa shape index (κ3) is 2.68. The minimum Gasteiger partial charge on any atom is -0.370 e. The minimum absolute atomic E-state index is 0.742. The maximum atomic E-state index is 6.11. The highest BCUT2D eigenvalue weighted by Crippen LogP contribution is 2.40. The summed E-state index contributed by atoms with van der Waals surface area (Å²) in [5.41, 5.74) is 6.11. The molecule has 1 saturated carbocycles. The Hall–Kier alpha value is -0.640. The van der Waals surface area contributed by atoms with Crippen LogP contribution in [0.3, 0.4) is 0 Å². The molecule has 4 aliphatic rings. The van der Waals surface area contributed by atoms with Crippen LogP contribution in [0.15, 0.2) is 17.1 Å². The number of allylic oxidation sites excluding steroid dienone is 2. The molecule has 1 aliphatic heterocycles. The number of aliphatic imine (C=N–C) groups is 1. The van der Waals surface area contributed by atoms with Crippen molar-refractivity contribution in [3.8, 4) is 0 Å². The summed E-state index contributed by atoms with van der Waals surface area (Å²) in [4.78, 5) is 6.91. The van der Waals surface area contributed by atoms with Gasteiger partial charge >= 0.3 is 0 Å². The maximum Gasteiger partial charge on any atom is 0.191 e. The van der Waals surface area contributed by atoms with E-state index in [0.717, 1.165) is 43.3 Å². The molecular formula is C14H23N3S. The molecule has 3 unspecified atom stereocenters. The molecule has 100 valence electrons. The third-order valence-electron chi connectivity index (χ3n) is 4.54. The van der Waals surface area contributed by atoms with Gasteiger partial charge in [-0.05, 0) is 37.0 Å². The fourth-order valence-corrected chi connectivity index (χ4v) is 4.27. The second kappa shape index (κ2) is 5.55. The summed E-state index contributed by atoms with van der Waals surface area (Å²) in [5, 5.41) is 0. The highest BCUT2D eigenvalue weighted by Gasteiger charge is 2.31. The van der Waals surface area contributed by atoms with Crippen molar-refractivity contribution in [1.29, 1.82) is 0 Å². The van der Waals surface area contributed by atoms with Crippen LogP contribution in [0.5, 0.6) is 0 Å². The van der Waals surface area contributed by atoms with Gasteiger partial charge < -0.3 is 10.6 Å². The quantitative estimate of drug-likeness (QED) is 0.471. The van der Waals surface area contributed by atoms with Crippen LogP contribution in [0.2, 0.25) is 0 Å². The lowest BCUT2D eigenvalue weighted by atomic mass is 9.69. The number of nitrogens with zero attached hydrogens (tertiary/aromatic N) is 2. The number of fused-ring (bicyclic) bond motifs is 2. The van der Waals surface area contributed by atoms with Gasteiger partial charge in [0.25, 0.3) is 0 Å². The van der Waals surface area contributed by atoms with E-state index in [0.29, 0.717) is 0 Å². The molecule has 1 heterocycles. The average molecular weight is 265 g/mol. The largest absolute Gasteiger partial charge is 0.370 e. The lowest BCUT2D eigenvalue weighted by Gasteiger charge is -2.37. The van der Waals surface area contributed by atoms with Crippen LogP contribution in [0.4, 0.5) is 0 Å². The van der Waals surface area contributed by atoms with Crippen molar-refractivity contribution in [1.82, 2.24) is 4.90 Å². The Balaban J connectivity index is 1.55. The van der Waals surface area contributed by atoms with Gasteiger partial charge in [-0.2, -0.15) is 11.8 Å². The number of thioether (sulfide) groups is 1. The predicted octanol–water partition coefficient (Wildman–Crippen LogP) is 1.95. The first kappa shape index (κ1) is 12.4. The van der Waals surface area contributed by atoms with Crippen molar-refractivity contribution >= 4 is 17.7 Å². The molecule has 4 heteroatoms. The Labute approximate surface area is 114 Å². The molecule has 18 heavy (non-hydrogen) atoms. The summed E-state index contributed by atoms with van der Waals surface area (Å²) in [6, 6.07) is 0. The van der Waals surface area contributed by atoms with Crippen LogP contribution in [-0.2, 0) is 0 Å². The average Bonchev–Trinajstić information content (AvgIpc) is 2.47. The molecule has 2 fully saturated rings. The Morgan fingerprint density at radius 2 is 2.11 bits per heavy atom. The first-order valence-corrected chi connectivity index (χ1v) is 8.29. The number of guanidine groups is 1. The van der Waals surface area contributed by atoms with Crippen molar-refractivity contribution in [3.63, 3.8) is 0 Å². The van der Waals surface area contributed by atoms with E-state index in [1.807, 2.05) is 11.8 Å². The minimum atomic E-state index is 0.742. The van der Waals surface area contributed by atoms with Gasteiger partial charge in [-0.3, -0.25) is 4.99 Å². The second-order valence-corrected chi connectivity index (χ2v) is 6.91. The Morgan fingerprint density at radius 1 is 1.28 bits per heavy atom. The Morgan fingerprint density at radius 3 is 2.72 bits per heavy atom.